The zero-order chi connectivity index (χ0) is 19.9. The van der Waals surface area contributed by atoms with E-state index in [1.807, 2.05) is 24.3 Å². The fraction of sp³-hybridized carbons (Fsp3) is 0.0500. The van der Waals surface area contributed by atoms with Crippen molar-refractivity contribution >= 4 is 34.8 Å². The van der Waals surface area contributed by atoms with E-state index in [-0.39, 0.29) is 16.8 Å². The Hall–Kier alpha value is -3.58. The van der Waals surface area contributed by atoms with Crippen LogP contribution in [0.25, 0.3) is 0 Å². The Bertz CT molecular complexity index is 1010. The lowest BCUT2D eigenvalue weighted by Gasteiger charge is -2.12. The SMILES string of the molecule is C=CC(=O)Nc1cccc(Oc2nc(Nc3ccccc3OC)ncc2Cl)c1. The highest BCUT2D eigenvalue weighted by Crippen LogP contribution is 2.31. The molecule has 1 aromatic heterocycles. The molecule has 0 fully saturated rings. The van der Waals surface area contributed by atoms with Gasteiger partial charge in [0, 0.05) is 11.8 Å². The Morgan fingerprint density at radius 2 is 2.04 bits per heavy atom. The number of carbonyl (C=O) groups excluding carboxylic acids is 1. The van der Waals surface area contributed by atoms with Crippen LogP contribution in [0, 0.1) is 0 Å². The van der Waals surface area contributed by atoms with E-state index in [1.165, 1.54) is 12.3 Å². The fourth-order valence-electron chi connectivity index (χ4n) is 2.29. The van der Waals surface area contributed by atoms with Gasteiger partial charge in [-0.3, -0.25) is 4.79 Å². The van der Waals surface area contributed by atoms with Gasteiger partial charge >= 0.3 is 0 Å². The number of anilines is 3. The minimum atomic E-state index is -0.319. The number of carbonyl (C=O) groups is 1. The molecular weight excluding hydrogens is 380 g/mol. The molecular formula is C20H17ClN4O3. The number of amides is 1. The quantitative estimate of drug-likeness (QED) is 0.558. The largest absolute Gasteiger partial charge is 0.495 e. The molecule has 0 bridgehead atoms. The molecule has 8 heteroatoms. The van der Waals surface area contributed by atoms with E-state index in [0.29, 0.717) is 28.8 Å². The number of nitrogens with zero attached hydrogens (tertiary/aromatic N) is 2. The van der Waals surface area contributed by atoms with Crippen LogP contribution in [0.2, 0.25) is 5.02 Å². The van der Waals surface area contributed by atoms with Crippen LogP contribution in [0.3, 0.4) is 0 Å². The number of nitrogens with one attached hydrogen (secondary N) is 2. The lowest BCUT2D eigenvalue weighted by atomic mass is 10.3. The molecule has 0 unspecified atom stereocenters. The first-order chi connectivity index (χ1) is 13.6. The van der Waals surface area contributed by atoms with Gasteiger partial charge in [0.1, 0.15) is 16.5 Å². The predicted molar refractivity (Wildman–Crippen MR) is 109 cm³/mol. The third-order valence-electron chi connectivity index (χ3n) is 3.57. The average Bonchev–Trinajstić information content (AvgIpc) is 2.71. The maximum atomic E-state index is 11.4. The first-order valence-electron chi connectivity index (χ1n) is 8.23. The molecule has 0 atom stereocenters. The van der Waals surface area contributed by atoms with Gasteiger partial charge < -0.3 is 20.1 Å². The molecule has 3 rings (SSSR count). The highest BCUT2D eigenvalue weighted by molar-refractivity contribution is 6.31. The number of para-hydroxylation sites is 2. The van der Waals surface area contributed by atoms with E-state index in [4.69, 9.17) is 21.1 Å². The van der Waals surface area contributed by atoms with Gasteiger partial charge in [-0.25, -0.2) is 4.98 Å². The van der Waals surface area contributed by atoms with Crippen LogP contribution in [0.1, 0.15) is 0 Å². The molecule has 0 saturated carbocycles. The standard InChI is InChI=1S/C20H17ClN4O3/c1-3-18(26)23-13-7-6-8-14(11-13)28-19-15(21)12-22-20(25-19)24-16-9-4-5-10-17(16)27-2/h3-12H,1H2,2H3,(H,23,26)(H,22,24,25). The topological polar surface area (TPSA) is 85.4 Å². The first kappa shape index (κ1) is 19.2. The Labute approximate surface area is 167 Å². The Balaban J connectivity index is 1.81. The fourth-order valence-corrected chi connectivity index (χ4v) is 2.42. The van der Waals surface area contributed by atoms with Crippen molar-refractivity contribution in [3.05, 3.63) is 72.4 Å². The summed E-state index contributed by atoms with van der Waals surface area (Å²) in [6, 6.07) is 14.2. The second-order valence-corrected chi connectivity index (χ2v) is 5.90. The van der Waals surface area contributed by atoms with Crippen LogP contribution in [-0.2, 0) is 4.79 Å². The molecule has 1 heterocycles. The van der Waals surface area contributed by atoms with Crippen molar-refractivity contribution in [3.8, 4) is 17.4 Å². The number of methoxy groups -OCH3 is 1. The number of ether oxygens (including phenoxy) is 2. The second kappa shape index (κ2) is 8.88. The van der Waals surface area contributed by atoms with E-state index in [0.717, 1.165) is 0 Å². The van der Waals surface area contributed by atoms with Gasteiger partial charge in [0.05, 0.1) is 19.0 Å². The third kappa shape index (κ3) is 4.77. The molecule has 0 aliphatic rings. The van der Waals surface area contributed by atoms with Crippen LogP contribution >= 0.6 is 11.6 Å². The number of halogens is 1. The van der Waals surface area contributed by atoms with E-state index < -0.39 is 0 Å². The molecule has 28 heavy (non-hydrogen) atoms. The lowest BCUT2D eigenvalue weighted by Crippen LogP contribution is -2.07. The van der Waals surface area contributed by atoms with Crippen molar-refractivity contribution in [1.29, 1.82) is 0 Å². The van der Waals surface area contributed by atoms with Crippen molar-refractivity contribution in [1.82, 2.24) is 9.97 Å². The molecule has 3 aromatic rings. The maximum Gasteiger partial charge on any atom is 0.247 e. The summed E-state index contributed by atoms with van der Waals surface area (Å²) in [7, 11) is 1.58. The summed E-state index contributed by atoms with van der Waals surface area (Å²) >= 11 is 6.17. The van der Waals surface area contributed by atoms with Gasteiger partial charge in [0.2, 0.25) is 17.7 Å². The van der Waals surface area contributed by atoms with Crippen LogP contribution in [0.4, 0.5) is 17.3 Å². The Kier molecular flexibility index (Phi) is 6.08. The zero-order valence-electron chi connectivity index (χ0n) is 15.0. The monoisotopic (exact) mass is 396 g/mol. The van der Waals surface area contributed by atoms with Gasteiger partial charge in [0.15, 0.2) is 0 Å². The zero-order valence-corrected chi connectivity index (χ0v) is 15.7. The number of benzene rings is 2. The van der Waals surface area contributed by atoms with Crippen molar-refractivity contribution in [2.75, 3.05) is 17.7 Å². The summed E-state index contributed by atoms with van der Waals surface area (Å²) < 4.78 is 11.1. The van der Waals surface area contributed by atoms with Gasteiger partial charge in [-0.2, -0.15) is 4.98 Å². The van der Waals surface area contributed by atoms with E-state index in [2.05, 4.69) is 27.2 Å². The number of aromatic nitrogens is 2. The second-order valence-electron chi connectivity index (χ2n) is 5.50. The Morgan fingerprint density at radius 1 is 1.21 bits per heavy atom. The van der Waals surface area contributed by atoms with Gasteiger partial charge in [-0.05, 0) is 30.3 Å². The van der Waals surface area contributed by atoms with E-state index in [1.54, 1.807) is 31.4 Å². The van der Waals surface area contributed by atoms with Crippen molar-refractivity contribution in [2.24, 2.45) is 0 Å². The van der Waals surface area contributed by atoms with E-state index in [9.17, 15) is 4.79 Å². The summed E-state index contributed by atoms with van der Waals surface area (Å²) in [6.45, 7) is 3.42. The minimum absolute atomic E-state index is 0.168. The van der Waals surface area contributed by atoms with Crippen LogP contribution in [0.15, 0.2) is 67.4 Å². The summed E-state index contributed by atoms with van der Waals surface area (Å²) in [4.78, 5) is 19.9. The third-order valence-corrected chi connectivity index (χ3v) is 3.83. The molecule has 0 saturated heterocycles. The highest BCUT2D eigenvalue weighted by atomic mass is 35.5. The number of hydrogen-bond acceptors (Lipinski definition) is 6. The van der Waals surface area contributed by atoms with Crippen LogP contribution in [-0.4, -0.2) is 23.0 Å². The first-order valence-corrected chi connectivity index (χ1v) is 8.61. The molecule has 0 radical (unpaired) electrons. The Morgan fingerprint density at radius 3 is 2.82 bits per heavy atom. The summed E-state index contributed by atoms with van der Waals surface area (Å²) in [5.41, 5.74) is 1.26. The molecule has 2 N–H and O–H groups in total. The summed E-state index contributed by atoms with van der Waals surface area (Å²) in [5.74, 6) is 1.24. The summed E-state index contributed by atoms with van der Waals surface area (Å²) in [5, 5.41) is 5.97. The number of hydrogen-bond donors (Lipinski definition) is 2. The average molecular weight is 397 g/mol. The minimum Gasteiger partial charge on any atom is -0.495 e. The molecule has 0 aliphatic carbocycles. The molecule has 2 aromatic carbocycles. The number of rotatable bonds is 7. The molecule has 7 nitrogen and oxygen atoms in total. The lowest BCUT2D eigenvalue weighted by molar-refractivity contribution is -0.111. The van der Waals surface area contributed by atoms with Crippen molar-refractivity contribution in [3.63, 3.8) is 0 Å². The van der Waals surface area contributed by atoms with Gasteiger partial charge in [-0.1, -0.05) is 36.4 Å². The van der Waals surface area contributed by atoms with Crippen molar-refractivity contribution in [2.45, 2.75) is 0 Å². The molecule has 1 amide bonds. The molecule has 142 valence electrons. The van der Waals surface area contributed by atoms with Gasteiger partial charge in [-0.15, -0.1) is 0 Å². The normalized spacial score (nSPS) is 10.1. The molecule has 0 spiro atoms. The van der Waals surface area contributed by atoms with E-state index >= 15 is 0 Å². The van der Waals surface area contributed by atoms with Crippen LogP contribution < -0.4 is 20.1 Å². The van der Waals surface area contributed by atoms with Crippen molar-refractivity contribution < 1.29 is 14.3 Å². The van der Waals surface area contributed by atoms with Gasteiger partial charge in [0.25, 0.3) is 0 Å². The summed E-state index contributed by atoms with van der Waals surface area (Å²) in [6.07, 6.45) is 2.62. The smallest absolute Gasteiger partial charge is 0.247 e. The molecule has 0 aliphatic heterocycles. The maximum absolute atomic E-state index is 11.4. The van der Waals surface area contributed by atoms with Crippen LogP contribution in [0.5, 0.6) is 17.4 Å². The highest BCUT2D eigenvalue weighted by Gasteiger charge is 2.11. The predicted octanol–water partition coefficient (Wildman–Crippen LogP) is 4.80.